The number of carbonyl (C=O) groups excluding carboxylic acids is 1. The smallest absolute Gasteiger partial charge is 0.172 e. The Labute approximate surface area is 68.6 Å². The molecule has 1 saturated heterocycles. The first-order valence-electron chi connectivity index (χ1n) is 3.40. The zero-order valence-corrected chi connectivity index (χ0v) is 6.36. The molecule has 0 aromatic carbocycles. The Bertz CT molecular complexity index is 226. The minimum Gasteiger partial charge on any atom is -0.367 e. The summed E-state index contributed by atoms with van der Waals surface area (Å²) >= 11 is 5.72. The average Bonchev–Trinajstić information content (AvgIpc) is 2.41. The fraction of sp³-hybridized carbons (Fsp3) is 0.571. The number of ether oxygens (including phenoxy) is 1. The lowest BCUT2D eigenvalue weighted by atomic mass is 10.0. The van der Waals surface area contributed by atoms with Crippen molar-refractivity contribution in [2.75, 3.05) is 0 Å². The van der Waals surface area contributed by atoms with Crippen molar-refractivity contribution in [2.24, 2.45) is 5.92 Å². The number of fused-ring (bicyclic) bond motifs is 1. The second-order valence-electron chi connectivity index (χ2n) is 2.72. The van der Waals surface area contributed by atoms with Crippen LogP contribution in [-0.2, 0) is 9.53 Å². The predicted molar refractivity (Wildman–Crippen MR) is 38.2 cm³/mol. The monoisotopic (exact) mass is 174 g/mol. The largest absolute Gasteiger partial charge is 0.367 e. The van der Waals surface area contributed by atoms with Crippen LogP contribution in [0.1, 0.15) is 0 Å². The highest BCUT2D eigenvalue weighted by Crippen LogP contribution is 2.35. The molecule has 1 aliphatic carbocycles. The fourth-order valence-electron chi connectivity index (χ4n) is 1.46. The minimum atomic E-state index is -0.999. The number of rotatable bonds is 0. The number of aliphatic hydroxyl groups excluding tert-OH is 1. The van der Waals surface area contributed by atoms with Gasteiger partial charge in [0, 0.05) is 0 Å². The van der Waals surface area contributed by atoms with E-state index in [1.807, 2.05) is 0 Å². The molecule has 0 saturated carbocycles. The molecule has 1 aliphatic heterocycles. The summed E-state index contributed by atoms with van der Waals surface area (Å²) in [6.45, 7) is 0. The molecular weight excluding hydrogens is 168 g/mol. The molecule has 0 radical (unpaired) electrons. The number of hydrogen-bond donors (Lipinski definition) is 1. The van der Waals surface area contributed by atoms with Crippen molar-refractivity contribution in [2.45, 2.75) is 17.8 Å². The molecule has 4 atom stereocenters. The second-order valence-corrected chi connectivity index (χ2v) is 3.23. The van der Waals surface area contributed by atoms with E-state index in [0.29, 0.717) is 0 Å². The summed E-state index contributed by atoms with van der Waals surface area (Å²) in [4.78, 5) is 11.0. The number of allylic oxidation sites excluding steroid dienone is 1. The second kappa shape index (κ2) is 2.30. The van der Waals surface area contributed by atoms with Gasteiger partial charge in [-0.05, 0) is 6.08 Å². The Kier molecular flexibility index (Phi) is 1.52. The quantitative estimate of drug-likeness (QED) is 0.529. The van der Waals surface area contributed by atoms with E-state index in [4.69, 9.17) is 21.4 Å². The van der Waals surface area contributed by atoms with Gasteiger partial charge < -0.3 is 9.84 Å². The van der Waals surface area contributed by atoms with Gasteiger partial charge in [0.05, 0.1) is 17.4 Å². The van der Waals surface area contributed by atoms with Gasteiger partial charge in [0.2, 0.25) is 0 Å². The lowest BCUT2D eigenvalue weighted by Gasteiger charge is -2.07. The zero-order valence-electron chi connectivity index (χ0n) is 5.61. The molecule has 0 aromatic rings. The van der Waals surface area contributed by atoms with Crippen molar-refractivity contribution in [3.05, 3.63) is 12.2 Å². The van der Waals surface area contributed by atoms with E-state index in [2.05, 4.69) is 0 Å². The van der Waals surface area contributed by atoms with Gasteiger partial charge in [0.15, 0.2) is 12.1 Å². The van der Waals surface area contributed by atoms with Crippen LogP contribution in [0, 0.1) is 5.92 Å². The first kappa shape index (κ1) is 7.28. The molecule has 60 valence electrons. The topological polar surface area (TPSA) is 46.5 Å². The number of carbonyl (C=O) groups is 1. The Morgan fingerprint density at radius 2 is 2.36 bits per heavy atom. The SMILES string of the molecule is O=C1C=C[C@H]2OC(O)[C@@H](Cl)[C@@H]12. The van der Waals surface area contributed by atoms with Crippen molar-refractivity contribution < 1.29 is 14.6 Å². The molecule has 1 N–H and O–H groups in total. The minimum absolute atomic E-state index is 0.0495. The third kappa shape index (κ3) is 0.922. The molecule has 1 unspecified atom stereocenters. The highest BCUT2D eigenvalue weighted by Gasteiger charge is 2.47. The number of aliphatic hydroxyl groups is 1. The van der Waals surface area contributed by atoms with Crippen molar-refractivity contribution in [3.8, 4) is 0 Å². The fourth-order valence-corrected chi connectivity index (χ4v) is 1.79. The molecule has 2 aliphatic rings. The van der Waals surface area contributed by atoms with Crippen LogP contribution in [0.15, 0.2) is 12.2 Å². The van der Waals surface area contributed by atoms with Crippen LogP contribution in [0.5, 0.6) is 0 Å². The van der Waals surface area contributed by atoms with E-state index >= 15 is 0 Å². The zero-order chi connectivity index (χ0) is 8.01. The number of hydrogen-bond acceptors (Lipinski definition) is 3. The summed E-state index contributed by atoms with van der Waals surface area (Å²) < 4.78 is 4.98. The number of halogens is 1. The molecule has 3 nitrogen and oxygen atoms in total. The third-order valence-electron chi connectivity index (χ3n) is 2.04. The third-order valence-corrected chi connectivity index (χ3v) is 2.53. The molecule has 0 aromatic heterocycles. The molecule has 1 fully saturated rings. The van der Waals surface area contributed by atoms with Gasteiger partial charge in [0.25, 0.3) is 0 Å². The van der Waals surface area contributed by atoms with Crippen LogP contribution in [0.3, 0.4) is 0 Å². The maximum absolute atomic E-state index is 11.0. The molecule has 4 heteroatoms. The van der Waals surface area contributed by atoms with Gasteiger partial charge in [-0.15, -0.1) is 11.6 Å². The predicted octanol–water partition coefficient (Wildman–Crippen LogP) is 0.0661. The number of alkyl halides is 1. The van der Waals surface area contributed by atoms with E-state index in [9.17, 15) is 4.79 Å². The average molecular weight is 175 g/mol. The molecule has 2 rings (SSSR count). The van der Waals surface area contributed by atoms with Gasteiger partial charge in [-0.3, -0.25) is 4.79 Å². The van der Waals surface area contributed by atoms with Crippen LogP contribution in [-0.4, -0.2) is 28.7 Å². The summed E-state index contributed by atoms with van der Waals surface area (Å²) in [6.07, 6.45) is 1.79. The Hall–Kier alpha value is -0.380. The summed E-state index contributed by atoms with van der Waals surface area (Å²) in [5, 5.41) is 8.49. The lowest BCUT2D eigenvalue weighted by molar-refractivity contribution is -0.118. The van der Waals surface area contributed by atoms with Crippen LogP contribution in [0.4, 0.5) is 0 Å². The first-order chi connectivity index (χ1) is 5.20. The molecule has 0 amide bonds. The van der Waals surface area contributed by atoms with Crippen LogP contribution < -0.4 is 0 Å². The maximum Gasteiger partial charge on any atom is 0.172 e. The van der Waals surface area contributed by atoms with Gasteiger partial charge in [-0.25, -0.2) is 0 Å². The summed E-state index contributed by atoms with van der Waals surface area (Å²) in [5.74, 6) is -0.418. The van der Waals surface area contributed by atoms with Crippen molar-refractivity contribution in [1.82, 2.24) is 0 Å². The normalized spacial score (nSPS) is 48.4. The Balaban J connectivity index is 2.25. The van der Waals surface area contributed by atoms with E-state index < -0.39 is 11.7 Å². The molecular formula is C7H7ClO3. The lowest BCUT2D eigenvalue weighted by Crippen LogP contribution is -2.25. The summed E-state index contributed by atoms with van der Waals surface area (Å²) in [5.41, 5.74) is 0. The van der Waals surface area contributed by atoms with Crippen molar-refractivity contribution >= 4 is 17.4 Å². The van der Waals surface area contributed by atoms with E-state index in [-0.39, 0.29) is 17.8 Å². The molecule has 0 bridgehead atoms. The summed E-state index contributed by atoms with van der Waals surface area (Å²) in [7, 11) is 0. The van der Waals surface area contributed by atoms with E-state index in [0.717, 1.165) is 0 Å². The maximum atomic E-state index is 11.0. The van der Waals surface area contributed by atoms with Crippen molar-refractivity contribution in [3.63, 3.8) is 0 Å². The van der Waals surface area contributed by atoms with Crippen LogP contribution >= 0.6 is 11.6 Å². The standard InChI is InChI=1S/C7H7ClO3/c8-6-5-3(9)1-2-4(5)11-7(6)10/h1-2,4-7,10H/t4-,5+,6+,7?/m1/s1. The first-order valence-corrected chi connectivity index (χ1v) is 3.83. The van der Waals surface area contributed by atoms with Crippen LogP contribution in [0.25, 0.3) is 0 Å². The van der Waals surface area contributed by atoms with Gasteiger partial charge in [-0.2, -0.15) is 0 Å². The highest BCUT2D eigenvalue weighted by atomic mass is 35.5. The van der Waals surface area contributed by atoms with E-state index in [1.54, 1.807) is 6.08 Å². The van der Waals surface area contributed by atoms with E-state index in [1.165, 1.54) is 6.08 Å². The van der Waals surface area contributed by atoms with Crippen LogP contribution in [0.2, 0.25) is 0 Å². The Morgan fingerprint density at radius 1 is 1.64 bits per heavy atom. The Morgan fingerprint density at radius 3 is 3.00 bits per heavy atom. The number of ketones is 1. The summed E-state index contributed by atoms with van der Waals surface area (Å²) in [6, 6.07) is 0. The van der Waals surface area contributed by atoms with Gasteiger partial charge in [0.1, 0.15) is 0 Å². The van der Waals surface area contributed by atoms with Crippen molar-refractivity contribution in [1.29, 1.82) is 0 Å². The van der Waals surface area contributed by atoms with Gasteiger partial charge in [-0.1, -0.05) is 6.08 Å². The molecule has 11 heavy (non-hydrogen) atoms. The molecule has 1 heterocycles. The highest BCUT2D eigenvalue weighted by molar-refractivity contribution is 6.23. The molecule has 0 spiro atoms. The van der Waals surface area contributed by atoms with Gasteiger partial charge >= 0.3 is 0 Å².